The standard InChI is InChI=1S/C11H12ClN3O3/c1-6-5-13-9(12)3-8(6)14-7(2)15-10(16)4-11(17)18/h3,5H,4H2,1-2H3,(H,17,18)(H,13,14,15,16). The first-order chi connectivity index (χ1) is 8.38. The predicted molar refractivity (Wildman–Crippen MR) is 67.1 cm³/mol. The summed E-state index contributed by atoms with van der Waals surface area (Å²) >= 11 is 5.73. The Labute approximate surface area is 109 Å². The number of halogens is 1. The van der Waals surface area contributed by atoms with Crippen molar-refractivity contribution < 1.29 is 14.7 Å². The smallest absolute Gasteiger partial charge is 0.312 e. The quantitative estimate of drug-likeness (QED) is 0.378. The van der Waals surface area contributed by atoms with Crippen LogP contribution in [0, 0.1) is 6.92 Å². The highest BCUT2D eigenvalue weighted by Crippen LogP contribution is 2.20. The summed E-state index contributed by atoms with van der Waals surface area (Å²) in [5.74, 6) is -1.52. The fraction of sp³-hybridized carbons (Fsp3) is 0.273. The Balaban J connectivity index is 2.79. The maximum atomic E-state index is 11.2. The molecule has 0 aliphatic rings. The Morgan fingerprint density at radius 1 is 1.56 bits per heavy atom. The van der Waals surface area contributed by atoms with Gasteiger partial charge in [0.05, 0.1) is 5.69 Å². The van der Waals surface area contributed by atoms with Crippen LogP contribution in [0.5, 0.6) is 0 Å². The van der Waals surface area contributed by atoms with Gasteiger partial charge in [-0.15, -0.1) is 0 Å². The first-order valence-electron chi connectivity index (χ1n) is 5.07. The Morgan fingerprint density at radius 3 is 2.83 bits per heavy atom. The van der Waals surface area contributed by atoms with Crippen LogP contribution in [0.3, 0.4) is 0 Å². The van der Waals surface area contributed by atoms with Crippen molar-refractivity contribution >= 4 is 35.0 Å². The van der Waals surface area contributed by atoms with E-state index in [0.29, 0.717) is 16.7 Å². The summed E-state index contributed by atoms with van der Waals surface area (Å²) in [5.41, 5.74) is 1.37. The van der Waals surface area contributed by atoms with Crippen molar-refractivity contribution in [1.29, 1.82) is 0 Å². The second-order valence-corrected chi connectivity index (χ2v) is 4.00. The van der Waals surface area contributed by atoms with E-state index in [1.54, 1.807) is 26.1 Å². The number of hydrogen-bond acceptors (Lipinski definition) is 4. The average Bonchev–Trinajstić information content (AvgIpc) is 2.21. The molecule has 1 aromatic rings. The normalized spacial score (nSPS) is 11.2. The number of nitrogens with zero attached hydrogens (tertiary/aromatic N) is 2. The third-order valence-corrected chi connectivity index (χ3v) is 2.17. The number of amidine groups is 1. The van der Waals surface area contributed by atoms with Gasteiger partial charge in [0.15, 0.2) is 0 Å². The monoisotopic (exact) mass is 269 g/mol. The van der Waals surface area contributed by atoms with E-state index in [1.165, 1.54) is 0 Å². The number of rotatable bonds is 3. The lowest BCUT2D eigenvalue weighted by molar-refractivity contribution is -0.140. The summed E-state index contributed by atoms with van der Waals surface area (Å²) in [5, 5.41) is 11.1. The number of nitrogens with one attached hydrogen (secondary N) is 1. The number of carboxylic acids is 1. The van der Waals surface area contributed by atoms with Crippen LogP contribution in [0.25, 0.3) is 0 Å². The number of aromatic nitrogens is 1. The Kier molecular flexibility index (Phi) is 4.79. The molecule has 0 atom stereocenters. The Morgan fingerprint density at radius 2 is 2.22 bits per heavy atom. The average molecular weight is 270 g/mol. The zero-order chi connectivity index (χ0) is 13.7. The van der Waals surface area contributed by atoms with Gasteiger partial charge in [0.1, 0.15) is 17.4 Å². The molecule has 0 unspecified atom stereocenters. The van der Waals surface area contributed by atoms with Gasteiger partial charge in [0.25, 0.3) is 0 Å². The maximum absolute atomic E-state index is 11.2. The summed E-state index contributed by atoms with van der Waals surface area (Å²) in [4.78, 5) is 29.5. The number of amides is 1. The van der Waals surface area contributed by atoms with Crippen LogP contribution in [0.1, 0.15) is 18.9 Å². The molecule has 1 aromatic heterocycles. The van der Waals surface area contributed by atoms with E-state index >= 15 is 0 Å². The van der Waals surface area contributed by atoms with Gasteiger partial charge < -0.3 is 10.4 Å². The van der Waals surface area contributed by atoms with E-state index < -0.39 is 18.3 Å². The van der Waals surface area contributed by atoms with Crippen LogP contribution in [0.2, 0.25) is 5.15 Å². The van der Waals surface area contributed by atoms with Gasteiger partial charge in [0, 0.05) is 12.3 Å². The number of aliphatic carboxylic acids is 1. The molecule has 1 heterocycles. The minimum atomic E-state index is -1.19. The van der Waals surface area contributed by atoms with Gasteiger partial charge in [-0.05, 0) is 19.4 Å². The molecule has 0 aromatic carbocycles. The lowest BCUT2D eigenvalue weighted by Crippen LogP contribution is -2.29. The minimum absolute atomic E-state index is 0.295. The van der Waals surface area contributed by atoms with Crippen molar-refractivity contribution in [2.24, 2.45) is 4.99 Å². The molecule has 0 aliphatic carbocycles. The highest BCUT2D eigenvalue weighted by atomic mass is 35.5. The number of aryl methyl sites for hydroxylation is 1. The second-order valence-electron chi connectivity index (χ2n) is 3.61. The van der Waals surface area contributed by atoms with Crippen molar-refractivity contribution in [2.75, 3.05) is 0 Å². The van der Waals surface area contributed by atoms with E-state index in [2.05, 4.69) is 15.3 Å². The molecule has 0 fully saturated rings. The van der Waals surface area contributed by atoms with E-state index in [9.17, 15) is 9.59 Å². The molecule has 1 amide bonds. The van der Waals surface area contributed by atoms with Crippen molar-refractivity contribution in [3.63, 3.8) is 0 Å². The Hall–Kier alpha value is -1.95. The lowest BCUT2D eigenvalue weighted by Gasteiger charge is -2.04. The molecule has 18 heavy (non-hydrogen) atoms. The highest BCUT2D eigenvalue weighted by Gasteiger charge is 2.08. The van der Waals surface area contributed by atoms with Crippen LogP contribution < -0.4 is 5.32 Å². The predicted octanol–water partition coefficient (Wildman–Crippen LogP) is 1.68. The van der Waals surface area contributed by atoms with Crippen LogP contribution >= 0.6 is 11.6 Å². The SMILES string of the molecule is CC(=Nc1cc(Cl)ncc1C)NC(=O)CC(=O)O. The summed E-state index contributed by atoms with van der Waals surface area (Å²) < 4.78 is 0. The number of aliphatic imine (C=N–C) groups is 1. The van der Waals surface area contributed by atoms with Gasteiger partial charge in [-0.3, -0.25) is 9.59 Å². The van der Waals surface area contributed by atoms with Crippen LogP contribution in [-0.2, 0) is 9.59 Å². The third kappa shape index (κ3) is 4.50. The van der Waals surface area contributed by atoms with E-state index in [4.69, 9.17) is 16.7 Å². The number of carboxylic acid groups (broad SMARTS) is 1. The van der Waals surface area contributed by atoms with Crippen LogP contribution in [-0.4, -0.2) is 27.8 Å². The molecular formula is C11H12ClN3O3. The van der Waals surface area contributed by atoms with Gasteiger partial charge >= 0.3 is 5.97 Å². The number of pyridine rings is 1. The molecule has 0 saturated heterocycles. The molecule has 2 N–H and O–H groups in total. The molecule has 7 heteroatoms. The maximum Gasteiger partial charge on any atom is 0.312 e. The summed E-state index contributed by atoms with van der Waals surface area (Å²) in [7, 11) is 0. The molecule has 0 spiro atoms. The number of hydrogen-bond donors (Lipinski definition) is 2. The highest BCUT2D eigenvalue weighted by molar-refractivity contribution is 6.29. The van der Waals surface area contributed by atoms with Crippen LogP contribution in [0.4, 0.5) is 5.69 Å². The number of carbonyl (C=O) groups is 2. The first-order valence-corrected chi connectivity index (χ1v) is 5.45. The zero-order valence-corrected chi connectivity index (χ0v) is 10.7. The molecule has 6 nitrogen and oxygen atoms in total. The lowest BCUT2D eigenvalue weighted by atomic mass is 10.3. The van der Waals surface area contributed by atoms with Gasteiger partial charge in [-0.2, -0.15) is 0 Å². The van der Waals surface area contributed by atoms with E-state index in [-0.39, 0.29) is 0 Å². The molecule has 0 aliphatic heterocycles. The molecule has 0 saturated carbocycles. The third-order valence-electron chi connectivity index (χ3n) is 1.96. The van der Waals surface area contributed by atoms with Gasteiger partial charge in [-0.25, -0.2) is 9.98 Å². The van der Waals surface area contributed by atoms with Gasteiger partial charge in [0.2, 0.25) is 5.91 Å². The molecule has 96 valence electrons. The molecular weight excluding hydrogens is 258 g/mol. The van der Waals surface area contributed by atoms with Crippen molar-refractivity contribution in [3.8, 4) is 0 Å². The van der Waals surface area contributed by atoms with Crippen LogP contribution in [0.15, 0.2) is 17.3 Å². The molecule has 0 radical (unpaired) electrons. The fourth-order valence-electron chi connectivity index (χ4n) is 1.20. The van der Waals surface area contributed by atoms with Crippen molar-refractivity contribution in [3.05, 3.63) is 23.0 Å². The summed E-state index contributed by atoms with van der Waals surface area (Å²) in [6, 6.07) is 1.56. The molecule has 1 rings (SSSR count). The van der Waals surface area contributed by atoms with E-state index in [1.807, 2.05) is 0 Å². The largest absolute Gasteiger partial charge is 0.481 e. The van der Waals surface area contributed by atoms with E-state index in [0.717, 1.165) is 5.56 Å². The van der Waals surface area contributed by atoms with Crippen molar-refractivity contribution in [1.82, 2.24) is 10.3 Å². The second kappa shape index (κ2) is 6.11. The summed E-state index contributed by atoms with van der Waals surface area (Å²) in [6.07, 6.45) is 0.969. The topological polar surface area (TPSA) is 91.7 Å². The fourth-order valence-corrected chi connectivity index (χ4v) is 1.35. The molecule has 0 bridgehead atoms. The number of carbonyl (C=O) groups excluding carboxylic acids is 1. The minimum Gasteiger partial charge on any atom is -0.481 e. The van der Waals surface area contributed by atoms with Crippen molar-refractivity contribution in [2.45, 2.75) is 20.3 Å². The first kappa shape index (κ1) is 14.1. The van der Waals surface area contributed by atoms with Gasteiger partial charge in [-0.1, -0.05) is 11.6 Å². The zero-order valence-electron chi connectivity index (χ0n) is 9.90. The summed E-state index contributed by atoms with van der Waals surface area (Å²) in [6.45, 7) is 3.36. The Bertz CT molecular complexity index is 514.